The lowest BCUT2D eigenvalue weighted by molar-refractivity contribution is 0.344. The van der Waals surface area contributed by atoms with Gasteiger partial charge in [0, 0.05) is 17.6 Å². The lowest BCUT2D eigenvalue weighted by atomic mass is 10.3. The fourth-order valence-electron chi connectivity index (χ4n) is 2.19. The summed E-state index contributed by atoms with van der Waals surface area (Å²) in [5, 5.41) is 0. The summed E-state index contributed by atoms with van der Waals surface area (Å²) in [6.07, 6.45) is 2.40. The van der Waals surface area contributed by atoms with Gasteiger partial charge in [0.05, 0.1) is 5.69 Å². The van der Waals surface area contributed by atoms with Crippen molar-refractivity contribution >= 4 is 31.6 Å². The highest BCUT2D eigenvalue weighted by Crippen LogP contribution is 2.22. The average Bonchev–Trinajstić information content (AvgIpc) is 2.81. The van der Waals surface area contributed by atoms with Gasteiger partial charge in [0.1, 0.15) is 4.90 Å². The number of nitrogens with zero attached hydrogens (tertiary/aromatic N) is 1. The molecule has 0 radical (unpaired) electrons. The van der Waals surface area contributed by atoms with Crippen molar-refractivity contribution in [1.82, 2.24) is 9.62 Å². The molecule has 3 N–H and O–H groups in total. The lowest BCUT2D eigenvalue weighted by Gasteiger charge is -2.15. The zero-order valence-electron chi connectivity index (χ0n) is 10.6. The minimum atomic E-state index is -3.52. The van der Waals surface area contributed by atoms with E-state index in [-0.39, 0.29) is 10.6 Å². The van der Waals surface area contributed by atoms with Crippen molar-refractivity contribution in [3.8, 4) is 0 Å². The number of nitrogens with two attached hydrogens (primary N) is 1. The standard InChI is InChI=1S/C12H18BrN3O2S/c13-10-3-4-12(11(14)9-10)19(17,18)15-5-8-16-6-1-2-7-16/h3-4,9,15H,1-2,5-8,14H2. The molecular formula is C12H18BrN3O2S. The van der Waals surface area contributed by atoms with E-state index in [0.717, 1.165) is 24.1 Å². The normalized spacial score (nSPS) is 16.9. The molecule has 1 aromatic rings. The highest BCUT2D eigenvalue weighted by atomic mass is 79.9. The summed E-state index contributed by atoms with van der Waals surface area (Å²) in [5.41, 5.74) is 5.99. The van der Waals surface area contributed by atoms with Gasteiger partial charge < -0.3 is 10.6 Å². The number of benzene rings is 1. The Balaban J connectivity index is 1.97. The number of nitrogen functional groups attached to an aromatic ring is 1. The van der Waals surface area contributed by atoms with E-state index in [2.05, 4.69) is 25.6 Å². The zero-order valence-corrected chi connectivity index (χ0v) is 13.0. The van der Waals surface area contributed by atoms with Crippen molar-refractivity contribution in [2.75, 3.05) is 31.9 Å². The van der Waals surface area contributed by atoms with Gasteiger partial charge in [0.2, 0.25) is 10.0 Å². The second-order valence-corrected chi connectivity index (χ2v) is 7.28. The molecule has 0 spiro atoms. The van der Waals surface area contributed by atoms with Crippen molar-refractivity contribution in [2.24, 2.45) is 0 Å². The van der Waals surface area contributed by atoms with E-state index in [1.54, 1.807) is 12.1 Å². The third-order valence-electron chi connectivity index (χ3n) is 3.18. The van der Waals surface area contributed by atoms with E-state index in [4.69, 9.17) is 5.73 Å². The third kappa shape index (κ3) is 3.92. The Morgan fingerprint density at radius 2 is 2.00 bits per heavy atom. The Morgan fingerprint density at radius 1 is 1.32 bits per heavy atom. The number of hydrogen-bond donors (Lipinski definition) is 2. The first-order chi connectivity index (χ1) is 8.99. The van der Waals surface area contributed by atoms with Gasteiger partial charge in [-0.2, -0.15) is 0 Å². The second kappa shape index (κ2) is 6.21. The summed E-state index contributed by atoms with van der Waals surface area (Å²) in [7, 11) is -3.52. The molecule has 0 aliphatic carbocycles. The molecule has 1 saturated heterocycles. The molecule has 7 heteroatoms. The molecular weight excluding hydrogens is 330 g/mol. The van der Waals surface area contributed by atoms with E-state index >= 15 is 0 Å². The first-order valence-corrected chi connectivity index (χ1v) is 8.54. The third-order valence-corrected chi connectivity index (χ3v) is 5.21. The molecule has 19 heavy (non-hydrogen) atoms. The molecule has 0 amide bonds. The van der Waals surface area contributed by atoms with Gasteiger partial charge >= 0.3 is 0 Å². The van der Waals surface area contributed by atoms with Gasteiger partial charge in [0.15, 0.2) is 0 Å². The van der Waals surface area contributed by atoms with Gasteiger partial charge in [-0.15, -0.1) is 0 Å². The smallest absolute Gasteiger partial charge is 0.242 e. The van der Waals surface area contributed by atoms with Crippen LogP contribution < -0.4 is 10.5 Å². The maximum absolute atomic E-state index is 12.1. The molecule has 1 fully saturated rings. The van der Waals surface area contributed by atoms with Crippen molar-refractivity contribution in [1.29, 1.82) is 0 Å². The predicted molar refractivity (Wildman–Crippen MR) is 79.4 cm³/mol. The minimum Gasteiger partial charge on any atom is -0.398 e. The van der Waals surface area contributed by atoms with Crippen molar-refractivity contribution in [3.05, 3.63) is 22.7 Å². The van der Waals surface area contributed by atoms with E-state index in [0.29, 0.717) is 6.54 Å². The van der Waals surface area contributed by atoms with Crippen LogP contribution in [0.4, 0.5) is 5.69 Å². The van der Waals surface area contributed by atoms with Crippen LogP contribution in [0.15, 0.2) is 27.6 Å². The molecule has 0 saturated carbocycles. The molecule has 1 aliphatic rings. The minimum absolute atomic E-state index is 0.136. The summed E-state index contributed by atoms with van der Waals surface area (Å²) in [6, 6.07) is 4.78. The SMILES string of the molecule is Nc1cc(Br)ccc1S(=O)(=O)NCCN1CCCC1. The number of nitrogens with one attached hydrogen (secondary N) is 1. The van der Waals surface area contributed by atoms with Gasteiger partial charge in [-0.05, 0) is 44.1 Å². The summed E-state index contributed by atoms with van der Waals surface area (Å²) in [4.78, 5) is 2.39. The van der Waals surface area contributed by atoms with E-state index in [1.165, 1.54) is 18.9 Å². The van der Waals surface area contributed by atoms with Gasteiger partial charge in [-0.3, -0.25) is 0 Å². The summed E-state index contributed by atoms with van der Waals surface area (Å²) in [5.74, 6) is 0. The molecule has 1 aromatic carbocycles. The van der Waals surface area contributed by atoms with Crippen molar-refractivity contribution < 1.29 is 8.42 Å². The Bertz CT molecular complexity index is 542. The number of rotatable bonds is 5. The van der Waals surface area contributed by atoms with Crippen LogP contribution in [0.1, 0.15) is 12.8 Å². The Morgan fingerprint density at radius 3 is 2.63 bits per heavy atom. The second-order valence-electron chi connectivity index (χ2n) is 4.63. The van der Waals surface area contributed by atoms with Crippen LogP contribution in [-0.2, 0) is 10.0 Å². The maximum Gasteiger partial charge on any atom is 0.242 e. The molecule has 0 bridgehead atoms. The Kier molecular flexibility index (Phi) is 4.83. The Hall–Kier alpha value is -0.630. The quantitative estimate of drug-likeness (QED) is 0.789. The topological polar surface area (TPSA) is 75.4 Å². The van der Waals surface area contributed by atoms with Crippen LogP contribution in [0, 0.1) is 0 Å². The average molecular weight is 348 g/mol. The van der Waals surface area contributed by atoms with Crippen LogP contribution in [0.2, 0.25) is 0 Å². The number of halogens is 1. The molecule has 0 aromatic heterocycles. The summed E-state index contributed by atoms with van der Waals surface area (Å²) < 4.78 is 27.6. The first kappa shape index (κ1) is 14.8. The van der Waals surface area contributed by atoms with Crippen LogP contribution in [0.3, 0.4) is 0 Å². The van der Waals surface area contributed by atoms with Gasteiger partial charge in [-0.1, -0.05) is 15.9 Å². The molecule has 2 rings (SSSR count). The molecule has 0 atom stereocenters. The van der Waals surface area contributed by atoms with Crippen LogP contribution in [0.5, 0.6) is 0 Å². The maximum atomic E-state index is 12.1. The molecule has 0 unspecified atom stereocenters. The first-order valence-electron chi connectivity index (χ1n) is 6.26. The number of sulfonamides is 1. The van der Waals surface area contributed by atoms with Crippen LogP contribution in [0.25, 0.3) is 0 Å². The van der Waals surface area contributed by atoms with E-state index in [9.17, 15) is 8.42 Å². The largest absolute Gasteiger partial charge is 0.398 e. The highest BCUT2D eigenvalue weighted by molar-refractivity contribution is 9.10. The number of anilines is 1. The van der Waals surface area contributed by atoms with Crippen LogP contribution >= 0.6 is 15.9 Å². The lowest BCUT2D eigenvalue weighted by Crippen LogP contribution is -2.33. The summed E-state index contributed by atoms with van der Waals surface area (Å²) in [6.45, 7) is 3.28. The van der Waals surface area contributed by atoms with Crippen molar-refractivity contribution in [3.63, 3.8) is 0 Å². The van der Waals surface area contributed by atoms with Gasteiger partial charge in [0.25, 0.3) is 0 Å². The molecule has 1 heterocycles. The van der Waals surface area contributed by atoms with Gasteiger partial charge in [-0.25, -0.2) is 13.1 Å². The van der Waals surface area contributed by atoms with E-state index in [1.807, 2.05) is 0 Å². The molecule has 1 aliphatic heterocycles. The number of hydrogen-bond acceptors (Lipinski definition) is 4. The zero-order chi connectivity index (χ0) is 13.9. The summed E-state index contributed by atoms with van der Waals surface area (Å²) >= 11 is 3.26. The number of likely N-dealkylation sites (tertiary alicyclic amines) is 1. The monoisotopic (exact) mass is 347 g/mol. The predicted octanol–water partition coefficient (Wildman–Crippen LogP) is 1.41. The van der Waals surface area contributed by atoms with E-state index < -0.39 is 10.0 Å². The fraction of sp³-hybridized carbons (Fsp3) is 0.500. The molecule has 106 valence electrons. The highest BCUT2D eigenvalue weighted by Gasteiger charge is 2.18. The fourth-order valence-corrected chi connectivity index (χ4v) is 3.70. The van der Waals surface area contributed by atoms with Crippen molar-refractivity contribution in [2.45, 2.75) is 17.7 Å². The Labute approximate surface area is 122 Å². The van der Waals surface area contributed by atoms with Crippen LogP contribution in [-0.4, -0.2) is 39.5 Å². The molecule has 5 nitrogen and oxygen atoms in total.